The van der Waals surface area contributed by atoms with Gasteiger partial charge >= 0.3 is 0 Å². The van der Waals surface area contributed by atoms with Crippen molar-refractivity contribution in [2.45, 2.75) is 4.90 Å². The molecule has 1 heterocycles. The number of aromatic nitrogens is 2. The van der Waals surface area contributed by atoms with Gasteiger partial charge in [-0.15, -0.1) is 0 Å². The van der Waals surface area contributed by atoms with E-state index in [0.717, 1.165) is 0 Å². The van der Waals surface area contributed by atoms with Gasteiger partial charge in [0.2, 0.25) is 5.82 Å². The number of ether oxygens (including phenoxy) is 3. The van der Waals surface area contributed by atoms with E-state index in [1.54, 1.807) is 18.2 Å². The van der Waals surface area contributed by atoms with Gasteiger partial charge < -0.3 is 19.5 Å². The van der Waals surface area contributed by atoms with E-state index < -0.39 is 15.9 Å². The number of methoxy groups -OCH3 is 3. The molecular weight excluding hydrogens is 424 g/mol. The molecule has 0 aliphatic heterocycles. The van der Waals surface area contributed by atoms with E-state index >= 15 is 0 Å². The fraction of sp³-hybridized carbons (Fsp3) is 0.150. The van der Waals surface area contributed by atoms with E-state index in [4.69, 9.17) is 14.2 Å². The lowest BCUT2D eigenvalue weighted by molar-refractivity contribution is 0.102. The van der Waals surface area contributed by atoms with Crippen LogP contribution in [-0.4, -0.2) is 45.6 Å². The lowest BCUT2D eigenvalue weighted by atomic mass is 10.2. The number of rotatable bonds is 8. The van der Waals surface area contributed by atoms with Crippen molar-refractivity contribution < 1.29 is 27.4 Å². The summed E-state index contributed by atoms with van der Waals surface area (Å²) in [6.07, 6.45) is 2.72. The number of carbonyl (C=O) groups is 1. The van der Waals surface area contributed by atoms with Crippen molar-refractivity contribution in [1.29, 1.82) is 0 Å². The largest absolute Gasteiger partial charge is 0.497 e. The smallest absolute Gasteiger partial charge is 0.263 e. The number of anilines is 2. The first kappa shape index (κ1) is 21.8. The van der Waals surface area contributed by atoms with Gasteiger partial charge in [0.1, 0.15) is 11.5 Å². The number of nitrogens with zero attached hydrogens (tertiary/aromatic N) is 2. The topological polar surface area (TPSA) is 129 Å². The zero-order chi connectivity index (χ0) is 22.4. The number of nitrogens with one attached hydrogen (secondary N) is 2. The first-order valence-electron chi connectivity index (χ1n) is 8.88. The Bertz CT molecular complexity index is 1160. The van der Waals surface area contributed by atoms with E-state index in [0.29, 0.717) is 22.7 Å². The molecule has 3 rings (SSSR count). The maximum atomic E-state index is 12.6. The van der Waals surface area contributed by atoms with Crippen molar-refractivity contribution >= 4 is 27.4 Å². The Kier molecular flexibility index (Phi) is 6.55. The highest BCUT2D eigenvalue weighted by molar-refractivity contribution is 7.92. The molecule has 0 aliphatic rings. The fourth-order valence-corrected chi connectivity index (χ4v) is 3.60. The number of hydrogen-bond acceptors (Lipinski definition) is 8. The molecule has 10 nitrogen and oxygen atoms in total. The van der Waals surface area contributed by atoms with Gasteiger partial charge in [-0.1, -0.05) is 0 Å². The van der Waals surface area contributed by atoms with Crippen LogP contribution in [0.25, 0.3) is 0 Å². The van der Waals surface area contributed by atoms with Gasteiger partial charge in [0.25, 0.3) is 21.8 Å². The molecule has 3 aromatic rings. The summed E-state index contributed by atoms with van der Waals surface area (Å²) in [7, 11) is 0.391. The van der Waals surface area contributed by atoms with Crippen LogP contribution in [0.1, 0.15) is 10.4 Å². The van der Waals surface area contributed by atoms with Crippen LogP contribution in [0.3, 0.4) is 0 Å². The van der Waals surface area contributed by atoms with Crippen molar-refractivity contribution in [2.24, 2.45) is 0 Å². The van der Waals surface area contributed by atoms with Crippen molar-refractivity contribution in [3.8, 4) is 17.4 Å². The highest BCUT2D eigenvalue weighted by Gasteiger charge is 2.18. The normalized spacial score (nSPS) is 10.8. The molecule has 0 bridgehead atoms. The molecule has 162 valence electrons. The van der Waals surface area contributed by atoms with Gasteiger partial charge in [-0.2, -0.15) is 0 Å². The molecule has 31 heavy (non-hydrogen) atoms. The van der Waals surface area contributed by atoms with Crippen LogP contribution in [-0.2, 0) is 10.0 Å². The molecule has 0 spiro atoms. The Morgan fingerprint density at radius 3 is 2.06 bits per heavy atom. The van der Waals surface area contributed by atoms with Gasteiger partial charge in [0.15, 0.2) is 0 Å². The fourth-order valence-electron chi connectivity index (χ4n) is 2.59. The van der Waals surface area contributed by atoms with Crippen LogP contribution in [0.15, 0.2) is 59.8 Å². The second kappa shape index (κ2) is 9.30. The SMILES string of the molecule is COc1cc(OC)cc(C(=O)Nc2ccc(S(=O)(=O)Nc3nccnc3OC)cc2)c1. The molecular formula is C20H20N4O6S. The summed E-state index contributed by atoms with van der Waals surface area (Å²) < 4.78 is 42.9. The molecule has 0 atom stereocenters. The summed E-state index contributed by atoms with van der Waals surface area (Å²) in [5, 5.41) is 2.70. The van der Waals surface area contributed by atoms with Crippen molar-refractivity contribution in [3.05, 3.63) is 60.4 Å². The molecule has 0 saturated heterocycles. The molecule has 0 unspecified atom stereocenters. The Morgan fingerprint density at radius 2 is 1.48 bits per heavy atom. The minimum absolute atomic E-state index is 0.0266. The zero-order valence-corrected chi connectivity index (χ0v) is 17.8. The van der Waals surface area contributed by atoms with Gasteiger partial charge in [-0.05, 0) is 36.4 Å². The molecule has 0 radical (unpaired) electrons. The van der Waals surface area contributed by atoms with E-state index in [-0.39, 0.29) is 16.6 Å². The lowest BCUT2D eigenvalue weighted by Gasteiger charge is -2.11. The molecule has 0 aliphatic carbocycles. The number of amides is 1. The van der Waals surface area contributed by atoms with E-state index in [2.05, 4.69) is 20.0 Å². The zero-order valence-electron chi connectivity index (χ0n) is 16.9. The Morgan fingerprint density at radius 1 is 0.871 bits per heavy atom. The summed E-state index contributed by atoms with van der Waals surface area (Å²) in [6.45, 7) is 0. The van der Waals surface area contributed by atoms with Crippen molar-refractivity contribution in [1.82, 2.24) is 9.97 Å². The van der Waals surface area contributed by atoms with Crippen molar-refractivity contribution in [3.63, 3.8) is 0 Å². The minimum atomic E-state index is -3.94. The van der Waals surface area contributed by atoms with Crippen LogP contribution in [0.4, 0.5) is 11.5 Å². The average molecular weight is 444 g/mol. The number of carbonyl (C=O) groups excluding carboxylic acids is 1. The summed E-state index contributed by atoms with van der Waals surface area (Å²) in [5.74, 6) is 0.543. The molecule has 0 fully saturated rings. The summed E-state index contributed by atoms with van der Waals surface area (Å²) in [5.41, 5.74) is 0.729. The second-order valence-electron chi connectivity index (χ2n) is 6.10. The van der Waals surface area contributed by atoms with E-state index in [1.807, 2.05) is 0 Å². The van der Waals surface area contributed by atoms with Crippen LogP contribution < -0.4 is 24.2 Å². The Balaban J connectivity index is 1.76. The number of benzene rings is 2. The predicted octanol–water partition coefficient (Wildman–Crippen LogP) is 2.56. The Hall–Kier alpha value is -3.86. The van der Waals surface area contributed by atoms with Crippen LogP contribution >= 0.6 is 0 Å². The molecule has 2 N–H and O–H groups in total. The first-order chi connectivity index (χ1) is 14.9. The third-order valence-electron chi connectivity index (χ3n) is 4.13. The van der Waals surface area contributed by atoms with Gasteiger partial charge in [-0.25, -0.2) is 18.4 Å². The van der Waals surface area contributed by atoms with Crippen LogP contribution in [0, 0.1) is 0 Å². The predicted molar refractivity (Wildman–Crippen MR) is 113 cm³/mol. The minimum Gasteiger partial charge on any atom is -0.497 e. The van der Waals surface area contributed by atoms with Crippen molar-refractivity contribution in [2.75, 3.05) is 31.4 Å². The standard InChI is InChI=1S/C20H20N4O6S/c1-28-15-10-13(11-16(12-15)29-2)19(25)23-14-4-6-17(7-5-14)31(26,27)24-18-20(30-3)22-9-8-21-18/h4-12H,1-3H3,(H,21,24)(H,23,25). The average Bonchev–Trinajstić information content (AvgIpc) is 2.79. The Labute approximate surface area is 179 Å². The quantitative estimate of drug-likeness (QED) is 0.542. The molecule has 1 amide bonds. The number of sulfonamides is 1. The summed E-state index contributed by atoms with van der Waals surface area (Å²) in [6, 6.07) is 10.4. The molecule has 1 aromatic heterocycles. The molecule has 2 aromatic carbocycles. The van der Waals surface area contributed by atoms with E-state index in [1.165, 1.54) is 58.0 Å². The van der Waals surface area contributed by atoms with Crippen LogP contribution in [0.2, 0.25) is 0 Å². The molecule has 0 saturated carbocycles. The lowest BCUT2D eigenvalue weighted by Crippen LogP contribution is -2.15. The van der Waals surface area contributed by atoms with E-state index in [9.17, 15) is 13.2 Å². The maximum Gasteiger partial charge on any atom is 0.263 e. The van der Waals surface area contributed by atoms with Gasteiger partial charge in [0.05, 0.1) is 26.2 Å². The number of hydrogen-bond donors (Lipinski definition) is 2. The third kappa shape index (κ3) is 5.20. The highest BCUT2D eigenvalue weighted by atomic mass is 32.2. The molecule has 11 heteroatoms. The third-order valence-corrected chi connectivity index (χ3v) is 5.48. The highest BCUT2D eigenvalue weighted by Crippen LogP contribution is 2.24. The summed E-state index contributed by atoms with van der Waals surface area (Å²) in [4.78, 5) is 20.4. The monoisotopic (exact) mass is 444 g/mol. The maximum absolute atomic E-state index is 12.6. The second-order valence-corrected chi connectivity index (χ2v) is 7.78. The van der Waals surface area contributed by atoms with Gasteiger partial charge in [-0.3, -0.25) is 9.52 Å². The summed E-state index contributed by atoms with van der Waals surface area (Å²) >= 11 is 0. The van der Waals surface area contributed by atoms with Crippen LogP contribution in [0.5, 0.6) is 17.4 Å². The van der Waals surface area contributed by atoms with Gasteiger partial charge in [0, 0.05) is 29.7 Å². The first-order valence-corrected chi connectivity index (χ1v) is 10.4.